The van der Waals surface area contributed by atoms with E-state index in [-0.39, 0.29) is 18.2 Å². The summed E-state index contributed by atoms with van der Waals surface area (Å²) in [4.78, 5) is 13.9. The summed E-state index contributed by atoms with van der Waals surface area (Å²) in [6.07, 6.45) is 0.568. The Kier molecular flexibility index (Phi) is 7.97. The molecule has 0 aromatic carbocycles. The molecule has 6 nitrogen and oxygen atoms in total. The van der Waals surface area contributed by atoms with Gasteiger partial charge in [-0.25, -0.2) is 0 Å². The number of rotatable bonds is 8. The van der Waals surface area contributed by atoms with Gasteiger partial charge in [0, 0.05) is 39.8 Å². The number of likely N-dealkylation sites (N-methyl/N-ethyl adjacent to an activating group) is 1. The van der Waals surface area contributed by atoms with Gasteiger partial charge >= 0.3 is 0 Å². The summed E-state index contributed by atoms with van der Waals surface area (Å²) in [5, 5.41) is 2.68. The second-order valence-corrected chi connectivity index (χ2v) is 4.37. The Labute approximate surface area is 115 Å². The fourth-order valence-corrected chi connectivity index (χ4v) is 2.17. The zero-order valence-electron chi connectivity index (χ0n) is 12.2. The minimum atomic E-state index is -0.206. The first-order valence-electron chi connectivity index (χ1n) is 6.99. The molecule has 1 aliphatic rings. The number of nitrogens with one attached hydrogen (secondary N) is 1. The van der Waals surface area contributed by atoms with Crippen molar-refractivity contribution in [3.63, 3.8) is 0 Å². The third-order valence-electron chi connectivity index (χ3n) is 3.15. The van der Waals surface area contributed by atoms with Crippen LogP contribution in [0.25, 0.3) is 0 Å². The number of nitrogens with zero attached hydrogens (tertiary/aromatic N) is 1. The molecular weight excluding hydrogens is 248 g/mol. The SMILES string of the molecule is CCOC(CCN1CCOCC1C(=O)NC)OCC. The van der Waals surface area contributed by atoms with Gasteiger partial charge in [-0.3, -0.25) is 9.69 Å². The highest BCUT2D eigenvalue weighted by Gasteiger charge is 2.28. The van der Waals surface area contributed by atoms with Gasteiger partial charge in [-0.15, -0.1) is 0 Å². The van der Waals surface area contributed by atoms with Gasteiger partial charge in [0.1, 0.15) is 6.04 Å². The highest BCUT2D eigenvalue weighted by molar-refractivity contribution is 5.81. The Morgan fingerprint density at radius 3 is 2.68 bits per heavy atom. The van der Waals surface area contributed by atoms with Gasteiger partial charge < -0.3 is 19.5 Å². The molecule has 0 aromatic heterocycles. The van der Waals surface area contributed by atoms with Crippen molar-refractivity contribution in [3.8, 4) is 0 Å². The Hall–Kier alpha value is -0.690. The first kappa shape index (κ1) is 16.4. The molecule has 0 bridgehead atoms. The minimum Gasteiger partial charge on any atom is -0.378 e. The van der Waals surface area contributed by atoms with E-state index in [1.54, 1.807) is 7.05 Å². The number of hydrogen-bond donors (Lipinski definition) is 1. The number of carbonyl (C=O) groups is 1. The van der Waals surface area contributed by atoms with Crippen molar-refractivity contribution in [1.82, 2.24) is 10.2 Å². The highest BCUT2D eigenvalue weighted by atomic mass is 16.7. The second kappa shape index (κ2) is 9.25. The summed E-state index contributed by atoms with van der Waals surface area (Å²) in [6, 6.07) is -0.206. The molecule has 0 saturated carbocycles. The van der Waals surface area contributed by atoms with Crippen LogP contribution in [0.5, 0.6) is 0 Å². The van der Waals surface area contributed by atoms with E-state index in [9.17, 15) is 4.79 Å². The molecule has 1 atom stereocenters. The molecule has 0 radical (unpaired) electrons. The van der Waals surface area contributed by atoms with E-state index in [1.807, 2.05) is 13.8 Å². The monoisotopic (exact) mass is 274 g/mol. The van der Waals surface area contributed by atoms with E-state index in [4.69, 9.17) is 14.2 Å². The van der Waals surface area contributed by atoms with E-state index in [0.29, 0.717) is 26.4 Å². The predicted molar refractivity (Wildman–Crippen MR) is 71.9 cm³/mol. The van der Waals surface area contributed by atoms with E-state index < -0.39 is 0 Å². The average Bonchev–Trinajstić information content (AvgIpc) is 2.44. The van der Waals surface area contributed by atoms with Crippen LogP contribution in [0, 0.1) is 0 Å². The summed E-state index contributed by atoms with van der Waals surface area (Å²) in [6.45, 7) is 7.83. The van der Waals surface area contributed by atoms with E-state index in [1.165, 1.54) is 0 Å². The molecule has 0 aliphatic carbocycles. The van der Waals surface area contributed by atoms with Crippen LogP contribution in [-0.4, -0.2) is 69.7 Å². The molecule has 1 amide bonds. The summed E-state index contributed by atoms with van der Waals surface area (Å²) < 4.78 is 16.4. The van der Waals surface area contributed by atoms with Crippen molar-refractivity contribution in [2.24, 2.45) is 0 Å². The van der Waals surface area contributed by atoms with Crippen molar-refractivity contribution in [3.05, 3.63) is 0 Å². The van der Waals surface area contributed by atoms with E-state index in [2.05, 4.69) is 10.2 Å². The summed E-state index contributed by atoms with van der Waals surface area (Å²) in [5.74, 6) is 0.00377. The van der Waals surface area contributed by atoms with Gasteiger partial charge in [0.25, 0.3) is 0 Å². The fraction of sp³-hybridized carbons (Fsp3) is 0.923. The maximum absolute atomic E-state index is 11.8. The van der Waals surface area contributed by atoms with Crippen molar-refractivity contribution in [2.75, 3.05) is 46.6 Å². The number of hydrogen-bond acceptors (Lipinski definition) is 5. The normalized spacial score (nSPS) is 20.7. The topological polar surface area (TPSA) is 60.0 Å². The van der Waals surface area contributed by atoms with Gasteiger partial charge in [0.15, 0.2) is 6.29 Å². The largest absolute Gasteiger partial charge is 0.378 e. The third-order valence-corrected chi connectivity index (χ3v) is 3.15. The van der Waals surface area contributed by atoms with E-state index >= 15 is 0 Å². The van der Waals surface area contributed by atoms with Gasteiger partial charge in [-0.1, -0.05) is 0 Å². The lowest BCUT2D eigenvalue weighted by Gasteiger charge is -2.34. The molecule has 1 rings (SSSR count). The molecule has 1 heterocycles. The predicted octanol–water partition coefficient (Wildman–Crippen LogP) is 0.222. The van der Waals surface area contributed by atoms with E-state index in [0.717, 1.165) is 19.5 Å². The molecule has 0 spiro atoms. The summed E-state index contributed by atoms with van der Waals surface area (Å²) in [7, 11) is 1.65. The highest BCUT2D eigenvalue weighted by Crippen LogP contribution is 2.10. The quantitative estimate of drug-likeness (QED) is 0.642. The van der Waals surface area contributed by atoms with Crippen LogP contribution in [-0.2, 0) is 19.0 Å². The molecule has 112 valence electrons. The summed E-state index contributed by atoms with van der Waals surface area (Å²) >= 11 is 0. The number of carbonyl (C=O) groups excluding carboxylic acids is 1. The van der Waals surface area contributed by atoms with Crippen molar-refractivity contribution in [1.29, 1.82) is 0 Å². The lowest BCUT2D eigenvalue weighted by molar-refractivity contribution is -0.148. The molecule has 1 N–H and O–H groups in total. The van der Waals surface area contributed by atoms with Crippen molar-refractivity contribution < 1.29 is 19.0 Å². The lowest BCUT2D eigenvalue weighted by atomic mass is 10.2. The smallest absolute Gasteiger partial charge is 0.239 e. The number of amides is 1. The van der Waals surface area contributed by atoms with Crippen molar-refractivity contribution in [2.45, 2.75) is 32.6 Å². The van der Waals surface area contributed by atoms with Crippen molar-refractivity contribution >= 4 is 5.91 Å². The molecule has 6 heteroatoms. The Balaban J connectivity index is 2.45. The van der Waals surface area contributed by atoms with Crippen LogP contribution < -0.4 is 5.32 Å². The van der Waals surface area contributed by atoms with Gasteiger partial charge in [-0.05, 0) is 13.8 Å². The molecule has 1 fully saturated rings. The van der Waals surface area contributed by atoms with Gasteiger partial charge in [0.05, 0.1) is 13.2 Å². The minimum absolute atomic E-state index is 0.00377. The zero-order valence-corrected chi connectivity index (χ0v) is 12.2. The van der Waals surface area contributed by atoms with Gasteiger partial charge in [-0.2, -0.15) is 0 Å². The third kappa shape index (κ3) is 5.44. The molecule has 19 heavy (non-hydrogen) atoms. The zero-order chi connectivity index (χ0) is 14.1. The standard InChI is InChI=1S/C13H26N2O4/c1-4-18-12(19-5-2)6-7-15-8-9-17-10-11(15)13(16)14-3/h11-12H,4-10H2,1-3H3,(H,14,16). The first-order chi connectivity index (χ1) is 9.22. The first-order valence-corrected chi connectivity index (χ1v) is 6.99. The number of morpholine rings is 1. The second-order valence-electron chi connectivity index (χ2n) is 4.37. The van der Waals surface area contributed by atoms with Crippen LogP contribution in [0.4, 0.5) is 0 Å². The Bertz CT molecular complexity index is 257. The maximum atomic E-state index is 11.8. The van der Waals surface area contributed by atoms with Crippen LogP contribution >= 0.6 is 0 Å². The molecule has 1 aliphatic heterocycles. The van der Waals surface area contributed by atoms with Gasteiger partial charge in [0.2, 0.25) is 5.91 Å². The van der Waals surface area contributed by atoms with Crippen LogP contribution in [0.1, 0.15) is 20.3 Å². The maximum Gasteiger partial charge on any atom is 0.239 e. The molecular formula is C13H26N2O4. The summed E-state index contributed by atoms with van der Waals surface area (Å²) in [5.41, 5.74) is 0. The Morgan fingerprint density at radius 1 is 1.42 bits per heavy atom. The lowest BCUT2D eigenvalue weighted by Crippen LogP contribution is -2.53. The molecule has 0 aromatic rings. The average molecular weight is 274 g/mol. The van der Waals surface area contributed by atoms with Crippen LogP contribution in [0.2, 0.25) is 0 Å². The fourth-order valence-electron chi connectivity index (χ4n) is 2.17. The Morgan fingerprint density at radius 2 is 2.11 bits per heavy atom. The molecule has 1 unspecified atom stereocenters. The van der Waals surface area contributed by atoms with Crippen LogP contribution in [0.15, 0.2) is 0 Å². The molecule has 1 saturated heterocycles. The van der Waals surface area contributed by atoms with Crippen LogP contribution in [0.3, 0.4) is 0 Å². The number of ether oxygens (including phenoxy) is 3.